The van der Waals surface area contributed by atoms with E-state index in [4.69, 9.17) is 0 Å². The van der Waals surface area contributed by atoms with Crippen LogP contribution in [0.25, 0.3) is 0 Å². The van der Waals surface area contributed by atoms with Gasteiger partial charge in [0.2, 0.25) is 0 Å². The number of piperidine rings is 2. The third-order valence-electron chi connectivity index (χ3n) is 4.65. The van der Waals surface area contributed by atoms with Crippen molar-refractivity contribution in [2.45, 2.75) is 105 Å². The summed E-state index contributed by atoms with van der Waals surface area (Å²) < 4.78 is 0. The summed E-state index contributed by atoms with van der Waals surface area (Å²) in [5, 5.41) is 3.38. The molecule has 0 saturated carbocycles. The van der Waals surface area contributed by atoms with Crippen LogP contribution in [0.4, 0.5) is 0 Å². The smallest absolute Gasteiger partial charge is 0.0155 e. The van der Waals surface area contributed by atoms with Crippen LogP contribution >= 0.6 is 0 Å². The van der Waals surface area contributed by atoms with Gasteiger partial charge in [0.1, 0.15) is 0 Å². The second kappa shape index (κ2) is 10.6. The molecule has 0 radical (unpaired) electrons. The number of rotatable bonds is 1. The highest BCUT2D eigenvalue weighted by Gasteiger charge is 2.30. The number of hydrogen-bond donors (Lipinski definition) is 1. The molecule has 0 aliphatic carbocycles. The number of nitrogens with zero attached hydrogens (tertiary/aromatic N) is 1. The first-order valence-electron chi connectivity index (χ1n) is 9.63. The first-order valence-corrected chi connectivity index (χ1v) is 9.63. The lowest BCUT2D eigenvalue weighted by atomic mass is 9.85. The predicted octanol–water partition coefficient (Wildman–Crippen LogP) is 5.47. The third kappa shape index (κ3) is 9.15. The molecule has 0 aromatic rings. The van der Waals surface area contributed by atoms with Gasteiger partial charge in [0, 0.05) is 18.1 Å². The van der Waals surface area contributed by atoms with Crippen molar-refractivity contribution >= 4 is 0 Å². The lowest BCUT2D eigenvalue weighted by Gasteiger charge is -2.45. The van der Waals surface area contributed by atoms with E-state index < -0.39 is 0 Å². The van der Waals surface area contributed by atoms with Crippen molar-refractivity contribution in [1.29, 1.82) is 0 Å². The van der Waals surface area contributed by atoms with Crippen LogP contribution in [-0.2, 0) is 0 Å². The summed E-state index contributed by atoms with van der Waals surface area (Å²) in [4.78, 5) is 2.62. The first-order chi connectivity index (χ1) is 10.2. The van der Waals surface area contributed by atoms with Gasteiger partial charge in [0.25, 0.3) is 0 Å². The summed E-state index contributed by atoms with van der Waals surface area (Å²) in [7, 11) is 0. The van der Waals surface area contributed by atoms with Crippen molar-refractivity contribution in [1.82, 2.24) is 10.2 Å². The Morgan fingerprint density at radius 2 is 1.55 bits per heavy atom. The summed E-state index contributed by atoms with van der Waals surface area (Å²) in [6.45, 7) is 21.9. The molecule has 2 fully saturated rings. The molecule has 0 amide bonds. The third-order valence-corrected chi connectivity index (χ3v) is 4.65. The quantitative estimate of drug-likeness (QED) is 0.690. The molecule has 2 heterocycles. The van der Waals surface area contributed by atoms with Gasteiger partial charge in [-0.25, -0.2) is 0 Å². The van der Waals surface area contributed by atoms with E-state index in [9.17, 15) is 0 Å². The molecule has 2 heteroatoms. The maximum absolute atomic E-state index is 3.38. The van der Waals surface area contributed by atoms with Crippen LogP contribution in [0, 0.1) is 5.41 Å². The summed E-state index contributed by atoms with van der Waals surface area (Å²) in [5.41, 5.74) is 1.02. The maximum Gasteiger partial charge on any atom is 0.0155 e. The molecular weight excluding hydrogens is 268 g/mol. The van der Waals surface area contributed by atoms with Gasteiger partial charge in [0.05, 0.1) is 0 Å². The van der Waals surface area contributed by atoms with E-state index in [2.05, 4.69) is 65.6 Å². The van der Waals surface area contributed by atoms with Crippen LogP contribution in [-0.4, -0.2) is 36.1 Å². The van der Waals surface area contributed by atoms with Crippen molar-refractivity contribution in [3.05, 3.63) is 0 Å². The second-order valence-corrected chi connectivity index (χ2v) is 8.71. The Kier molecular flexibility index (Phi) is 10.6. The standard InChI is InChI=1S/C10H21N.C7H15N.C3H8/c1-9(2)11-8-6-5-7-10(11,3)4;1-7(2)4-3-5-8-6-7;1-3-2/h9H,5-8H2,1-4H3;8H,3-6H2,1-2H3;3H2,1-2H3. The zero-order valence-corrected chi connectivity index (χ0v) is 16.9. The van der Waals surface area contributed by atoms with Crippen LogP contribution in [0.5, 0.6) is 0 Å². The maximum atomic E-state index is 3.38. The molecule has 0 bridgehead atoms. The Bertz CT molecular complexity index is 261. The highest BCUT2D eigenvalue weighted by molar-refractivity contribution is 4.87. The molecule has 22 heavy (non-hydrogen) atoms. The molecule has 0 atom stereocenters. The molecular formula is C20H44N2. The van der Waals surface area contributed by atoms with Gasteiger partial charge in [-0.2, -0.15) is 0 Å². The summed E-state index contributed by atoms with van der Waals surface area (Å²) in [5.74, 6) is 0. The molecule has 0 aromatic carbocycles. The van der Waals surface area contributed by atoms with Gasteiger partial charge in [-0.1, -0.05) is 40.5 Å². The highest BCUT2D eigenvalue weighted by atomic mass is 15.2. The molecule has 2 aliphatic heterocycles. The fourth-order valence-electron chi connectivity index (χ4n) is 3.45. The lowest BCUT2D eigenvalue weighted by molar-refractivity contribution is 0.0470. The van der Waals surface area contributed by atoms with E-state index in [1.54, 1.807) is 0 Å². The minimum Gasteiger partial charge on any atom is -0.316 e. The number of hydrogen-bond acceptors (Lipinski definition) is 2. The van der Waals surface area contributed by atoms with E-state index in [1.807, 2.05) is 0 Å². The Morgan fingerprint density at radius 3 is 1.82 bits per heavy atom. The van der Waals surface area contributed by atoms with Crippen LogP contribution < -0.4 is 5.32 Å². The normalized spacial score (nSPS) is 23.9. The topological polar surface area (TPSA) is 15.3 Å². The minimum atomic E-state index is 0.451. The lowest BCUT2D eigenvalue weighted by Crippen LogP contribution is -2.50. The van der Waals surface area contributed by atoms with Crippen molar-refractivity contribution < 1.29 is 0 Å². The van der Waals surface area contributed by atoms with Crippen LogP contribution in [0.15, 0.2) is 0 Å². The van der Waals surface area contributed by atoms with Crippen molar-refractivity contribution in [2.75, 3.05) is 19.6 Å². The van der Waals surface area contributed by atoms with E-state index in [0.717, 1.165) is 0 Å². The second-order valence-electron chi connectivity index (χ2n) is 8.71. The monoisotopic (exact) mass is 312 g/mol. The summed E-state index contributed by atoms with van der Waals surface area (Å²) in [6, 6.07) is 0.713. The molecule has 2 rings (SSSR count). The van der Waals surface area contributed by atoms with Crippen LogP contribution in [0.1, 0.15) is 93.9 Å². The van der Waals surface area contributed by atoms with Crippen LogP contribution in [0.2, 0.25) is 0 Å². The van der Waals surface area contributed by atoms with Crippen molar-refractivity contribution in [2.24, 2.45) is 5.41 Å². The number of likely N-dealkylation sites (tertiary alicyclic amines) is 1. The largest absolute Gasteiger partial charge is 0.316 e. The van der Waals surface area contributed by atoms with E-state index in [-0.39, 0.29) is 0 Å². The minimum absolute atomic E-state index is 0.451. The Morgan fingerprint density at radius 1 is 0.955 bits per heavy atom. The molecule has 2 saturated heterocycles. The Hall–Kier alpha value is -0.0800. The fourth-order valence-corrected chi connectivity index (χ4v) is 3.45. The predicted molar refractivity (Wildman–Crippen MR) is 102 cm³/mol. The Labute approximate surface area is 141 Å². The van der Waals surface area contributed by atoms with Crippen molar-refractivity contribution in [3.8, 4) is 0 Å². The van der Waals surface area contributed by atoms with E-state index in [1.165, 1.54) is 58.2 Å². The van der Waals surface area contributed by atoms with E-state index >= 15 is 0 Å². The molecule has 0 spiro atoms. The van der Waals surface area contributed by atoms with Crippen molar-refractivity contribution in [3.63, 3.8) is 0 Å². The average Bonchev–Trinajstić information content (AvgIpc) is 2.39. The van der Waals surface area contributed by atoms with E-state index in [0.29, 0.717) is 17.0 Å². The van der Waals surface area contributed by atoms with Gasteiger partial charge in [0.15, 0.2) is 0 Å². The van der Waals surface area contributed by atoms with Gasteiger partial charge in [-0.15, -0.1) is 0 Å². The molecule has 2 aliphatic rings. The molecule has 0 unspecified atom stereocenters. The number of nitrogens with one attached hydrogen (secondary N) is 1. The summed E-state index contributed by atoms with van der Waals surface area (Å²) in [6.07, 6.45) is 8.16. The molecule has 2 nitrogen and oxygen atoms in total. The molecule has 0 aromatic heterocycles. The zero-order chi connectivity index (χ0) is 17.2. The SMILES string of the molecule is CC(C)N1CCCCC1(C)C.CC1(C)CCCNC1.CCC. The summed E-state index contributed by atoms with van der Waals surface area (Å²) >= 11 is 0. The fraction of sp³-hybridized carbons (Fsp3) is 1.00. The highest BCUT2D eigenvalue weighted by Crippen LogP contribution is 2.28. The van der Waals surface area contributed by atoms with Gasteiger partial charge in [-0.05, 0) is 71.9 Å². The van der Waals surface area contributed by atoms with Crippen LogP contribution in [0.3, 0.4) is 0 Å². The van der Waals surface area contributed by atoms with Gasteiger partial charge < -0.3 is 5.32 Å². The zero-order valence-electron chi connectivity index (χ0n) is 16.9. The molecule has 1 N–H and O–H groups in total. The van der Waals surface area contributed by atoms with Gasteiger partial charge >= 0.3 is 0 Å². The molecule has 134 valence electrons. The first kappa shape index (κ1) is 21.9. The Balaban J connectivity index is 0.000000352. The average molecular weight is 313 g/mol. The van der Waals surface area contributed by atoms with Gasteiger partial charge in [-0.3, -0.25) is 4.90 Å².